The molecule has 0 saturated heterocycles. The average molecular weight is 472 g/mol. The Morgan fingerprint density at radius 2 is 1.80 bits per heavy atom. The molecule has 180 valence electrons. The summed E-state index contributed by atoms with van der Waals surface area (Å²) in [6.45, 7) is 6.17. The molecule has 0 aliphatic heterocycles. The molecule has 8 heteroatoms. The van der Waals surface area contributed by atoms with Crippen LogP contribution < -0.4 is 15.8 Å². The van der Waals surface area contributed by atoms with E-state index in [0.29, 0.717) is 23.0 Å². The number of benzene rings is 2. The fourth-order valence-corrected chi connectivity index (χ4v) is 4.34. The lowest BCUT2D eigenvalue weighted by Gasteiger charge is -2.16. The number of hydrogen-bond donors (Lipinski definition) is 2. The number of carbonyl (C=O) groups is 1. The molecule has 2 heterocycles. The summed E-state index contributed by atoms with van der Waals surface area (Å²) in [6.07, 6.45) is 5.05. The van der Waals surface area contributed by atoms with E-state index < -0.39 is 6.09 Å². The van der Waals surface area contributed by atoms with Crippen LogP contribution in [0.1, 0.15) is 39.7 Å². The van der Waals surface area contributed by atoms with Crippen molar-refractivity contribution >= 4 is 28.4 Å². The van der Waals surface area contributed by atoms with Gasteiger partial charge in [0.05, 0.1) is 16.9 Å². The molecular weight excluding hydrogens is 442 g/mol. The van der Waals surface area contributed by atoms with Crippen molar-refractivity contribution in [3.63, 3.8) is 0 Å². The number of fused-ring (bicyclic) bond motifs is 1. The summed E-state index contributed by atoms with van der Waals surface area (Å²) in [5.41, 5.74) is 10.8. The lowest BCUT2D eigenvalue weighted by molar-refractivity contribution is 0.108. The third kappa shape index (κ3) is 4.77. The van der Waals surface area contributed by atoms with Crippen LogP contribution in [0.25, 0.3) is 22.2 Å². The van der Waals surface area contributed by atoms with Gasteiger partial charge in [-0.1, -0.05) is 12.1 Å². The predicted molar refractivity (Wildman–Crippen MR) is 137 cm³/mol. The van der Waals surface area contributed by atoms with Crippen LogP contribution in [0.3, 0.4) is 0 Å². The number of nitrogens with one attached hydrogen (secondary N) is 1. The number of carbonyl (C=O) groups excluding carboxylic acids is 1. The van der Waals surface area contributed by atoms with Gasteiger partial charge in [-0.15, -0.1) is 0 Å². The summed E-state index contributed by atoms with van der Waals surface area (Å²) in [5.74, 6) is 1.13. The smallest absolute Gasteiger partial charge is 0.411 e. The maximum absolute atomic E-state index is 12.2. The second kappa shape index (κ2) is 9.29. The topological polar surface area (TPSA) is 104 Å². The van der Waals surface area contributed by atoms with E-state index in [2.05, 4.69) is 33.7 Å². The summed E-state index contributed by atoms with van der Waals surface area (Å²) in [6, 6.07) is 15.6. The molecule has 1 amide bonds. The predicted octanol–water partition coefficient (Wildman–Crippen LogP) is 6.40. The highest BCUT2D eigenvalue weighted by atomic mass is 16.6. The molecule has 1 saturated carbocycles. The Kier molecular flexibility index (Phi) is 6.03. The molecule has 0 bridgehead atoms. The molecule has 0 radical (unpaired) electrons. The number of nitrogens with zero attached hydrogens (tertiary/aromatic N) is 3. The molecule has 1 aliphatic carbocycles. The first-order chi connectivity index (χ1) is 16.9. The van der Waals surface area contributed by atoms with E-state index in [1.165, 1.54) is 0 Å². The molecule has 2 aromatic heterocycles. The minimum Gasteiger partial charge on any atom is -0.446 e. The van der Waals surface area contributed by atoms with Crippen molar-refractivity contribution in [3.05, 3.63) is 60.9 Å². The molecule has 1 atom stereocenters. The quantitative estimate of drug-likeness (QED) is 0.323. The number of amides is 1. The van der Waals surface area contributed by atoms with Crippen molar-refractivity contribution in [2.24, 2.45) is 5.92 Å². The third-order valence-electron chi connectivity index (χ3n) is 6.27. The maximum Gasteiger partial charge on any atom is 0.411 e. The Morgan fingerprint density at radius 3 is 2.46 bits per heavy atom. The van der Waals surface area contributed by atoms with Gasteiger partial charge in [0, 0.05) is 41.1 Å². The van der Waals surface area contributed by atoms with Gasteiger partial charge >= 0.3 is 12.1 Å². The highest BCUT2D eigenvalue weighted by molar-refractivity contribution is 6.01. The van der Waals surface area contributed by atoms with Gasteiger partial charge in [0.1, 0.15) is 11.9 Å². The monoisotopic (exact) mass is 471 g/mol. The lowest BCUT2D eigenvalue weighted by Crippen LogP contribution is -2.21. The maximum atomic E-state index is 12.2. The number of nitrogen functional groups attached to an aromatic ring is 1. The Balaban J connectivity index is 1.43. The SMILES string of the molecule is CC(C)n1c(-c2ccc(NC(=O)O[C@H](C)C3CC3)cc2)c(N)c2ccc(Oc3ncccn3)cc21. The van der Waals surface area contributed by atoms with Crippen LogP contribution in [0.5, 0.6) is 11.8 Å². The van der Waals surface area contributed by atoms with Crippen LogP contribution in [0.15, 0.2) is 60.9 Å². The van der Waals surface area contributed by atoms with E-state index in [1.807, 2.05) is 49.4 Å². The minimum absolute atomic E-state index is 0.0573. The number of ether oxygens (including phenoxy) is 2. The standard InChI is InChI=1S/C27H29N5O3/c1-16(2)32-23-15-21(35-26-29-13-4-14-30-26)11-12-22(23)24(28)25(32)19-7-9-20(10-8-19)31-27(33)34-17(3)18-5-6-18/h4,7-18H,5-6,28H2,1-3H3,(H,31,33)/t17-/m1/s1. The van der Waals surface area contributed by atoms with Crippen molar-refractivity contribution < 1.29 is 14.3 Å². The molecule has 4 aromatic rings. The van der Waals surface area contributed by atoms with Crippen molar-refractivity contribution in [2.75, 3.05) is 11.1 Å². The van der Waals surface area contributed by atoms with Crippen LogP contribution in [-0.4, -0.2) is 26.7 Å². The Morgan fingerprint density at radius 1 is 1.09 bits per heavy atom. The van der Waals surface area contributed by atoms with Gasteiger partial charge in [-0.3, -0.25) is 5.32 Å². The van der Waals surface area contributed by atoms with Crippen LogP contribution in [0, 0.1) is 5.92 Å². The van der Waals surface area contributed by atoms with Gasteiger partial charge in [-0.25, -0.2) is 14.8 Å². The second-order valence-corrected chi connectivity index (χ2v) is 9.19. The first-order valence-corrected chi connectivity index (χ1v) is 11.9. The van der Waals surface area contributed by atoms with Gasteiger partial charge < -0.3 is 19.8 Å². The number of anilines is 2. The molecule has 3 N–H and O–H groups in total. The summed E-state index contributed by atoms with van der Waals surface area (Å²) < 4.78 is 13.5. The van der Waals surface area contributed by atoms with Gasteiger partial charge in [0.25, 0.3) is 0 Å². The molecule has 2 aromatic carbocycles. The van der Waals surface area contributed by atoms with Crippen LogP contribution >= 0.6 is 0 Å². The van der Waals surface area contributed by atoms with E-state index >= 15 is 0 Å². The first-order valence-electron chi connectivity index (χ1n) is 11.9. The zero-order valence-corrected chi connectivity index (χ0v) is 20.1. The summed E-state index contributed by atoms with van der Waals surface area (Å²) in [5, 5.41) is 3.76. The van der Waals surface area contributed by atoms with Crippen LogP contribution in [-0.2, 0) is 4.74 Å². The zero-order valence-electron chi connectivity index (χ0n) is 20.1. The summed E-state index contributed by atoms with van der Waals surface area (Å²) in [4.78, 5) is 20.5. The van der Waals surface area contributed by atoms with E-state index in [4.69, 9.17) is 15.2 Å². The fourth-order valence-electron chi connectivity index (χ4n) is 4.34. The Labute approximate surface area is 204 Å². The summed E-state index contributed by atoms with van der Waals surface area (Å²) >= 11 is 0. The lowest BCUT2D eigenvalue weighted by atomic mass is 10.1. The van der Waals surface area contributed by atoms with Gasteiger partial charge in [0.2, 0.25) is 0 Å². The van der Waals surface area contributed by atoms with E-state index in [9.17, 15) is 4.79 Å². The Hall–Kier alpha value is -4.07. The molecule has 1 aliphatic rings. The van der Waals surface area contributed by atoms with Gasteiger partial charge in [0.15, 0.2) is 0 Å². The molecule has 1 fully saturated rings. The summed E-state index contributed by atoms with van der Waals surface area (Å²) in [7, 11) is 0. The first kappa shape index (κ1) is 22.7. The second-order valence-electron chi connectivity index (χ2n) is 9.19. The molecule has 35 heavy (non-hydrogen) atoms. The van der Waals surface area contributed by atoms with Crippen molar-refractivity contribution in [3.8, 4) is 23.0 Å². The van der Waals surface area contributed by atoms with E-state index in [-0.39, 0.29) is 18.2 Å². The highest BCUT2D eigenvalue weighted by Gasteiger charge is 2.30. The van der Waals surface area contributed by atoms with Crippen LogP contribution in [0.2, 0.25) is 0 Å². The molecule has 0 spiro atoms. The highest BCUT2D eigenvalue weighted by Crippen LogP contribution is 2.40. The normalized spacial score (nSPS) is 14.2. The van der Waals surface area contributed by atoms with E-state index in [0.717, 1.165) is 35.0 Å². The number of aromatic nitrogens is 3. The van der Waals surface area contributed by atoms with Crippen molar-refractivity contribution in [2.45, 2.75) is 45.8 Å². The van der Waals surface area contributed by atoms with Crippen molar-refractivity contribution in [1.29, 1.82) is 0 Å². The largest absolute Gasteiger partial charge is 0.446 e. The van der Waals surface area contributed by atoms with Crippen LogP contribution in [0.4, 0.5) is 16.2 Å². The Bertz CT molecular complexity index is 1350. The number of rotatable bonds is 7. The number of hydrogen-bond acceptors (Lipinski definition) is 6. The minimum atomic E-state index is -0.428. The molecule has 8 nitrogen and oxygen atoms in total. The third-order valence-corrected chi connectivity index (χ3v) is 6.27. The van der Waals surface area contributed by atoms with Gasteiger partial charge in [-0.2, -0.15) is 0 Å². The van der Waals surface area contributed by atoms with Gasteiger partial charge in [-0.05, 0) is 69.9 Å². The average Bonchev–Trinajstić information content (AvgIpc) is 3.65. The van der Waals surface area contributed by atoms with E-state index in [1.54, 1.807) is 18.5 Å². The molecule has 5 rings (SSSR count). The zero-order chi connectivity index (χ0) is 24.5. The molecular formula is C27H29N5O3. The molecule has 0 unspecified atom stereocenters. The van der Waals surface area contributed by atoms with Crippen molar-refractivity contribution in [1.82, 2.24) is 14.5 Å². The number of nitrogens with two attached hydrogens (primary N) is 1. The fraction of sp³-hybridized carbons (Fsp3) is 0.296.